The number of hydrogen-bond acceptors (Lipinski definition) is 5. The number of rotatable bonds is 7. The molecule has 1 saturated heterocycles. The molecule has 1 unspecified atom stereocenters. The van der Waals surface area contributed by atoms with E-state index in [2.05, 4.69) is 9.88 Å². The second-order valence-electron chi connectivity index (χ2n) is 5.17. The fraction of sp³-hybridized carbons (Fsp3) is 0.692. The smallest absolute Gasteiger partial charge is 0.322 e. The Kier molecular flexibility index (Phi) is 5.20. The van der Waals surface area contributed by atoms with Crippen LogP contribution in [0, 0.1) is 0 Å². The Morgan fingerprint density at radius 2 is 2.18 bits per heavy atom. The number of nitrogens with zero attached hydrogens (tertiary/aromatic N) is 2. The lowest BCUT2D eigenvalue weighted by atomic mass is 10.1. The minimum Gasteiger partial charge on any atom is -0.480 e. The van der Waals surface area contributed by atoms with Crippen LogP contribution in [-0.4, -0.2) is 41.5 Å². The highest BCUT2D eigenvalue weighted by Crippen LogP contribution is 2.21. The Bertz CT molecular complexity index is 619. The summed E-state index contributed by atoms with van der Waals surface area (Å²) in [6.07, 6.45) is 2.14. The van der Waals surface area contributed by atoms with Crippen molar-refractivity contribution in [2.75, 3.05) is 6.54 Å². The molecule has 1 fully saturated rings. The number of aromatic nitrogens is 1. The van der Waals surface area contributed by atoms with Gasteiger partial charge in [-0.3, -0.25) is 4.79 Å². The molecular formula is C13H21N3O5S. The van der Waals surface area contributed by atoms with Crippen molar-refractivity contribution in [2.24, 2.45) is 0 Å². The molecule has 0 spiro atoms. The van der Waals surface area contributed by atoms with E-state index in [0.29, 0.717) is 31.4 Å². The zero-order valence-electron chi connectivity index (χ0n) is 12.7. The molecule has 2 rings (SSSR count). The second kappa shape index (κ2) is 6.76. The highest BCUT2D eigenvalue weighted by atomic mass is 32.2. The maximum atomic E-state index is 12.3. The van der Waals surface area contributed by atoms with Gasteiger partial charge in [-0.15, -0.1) is 0 Å². The van der Waals surface area contributed by atoms with Crippen LogP contribution < -0.4 is 4.72 Å². The van der Waals surface area contributed by atoms with Gasteiger partial charge in [-0.25, -0.2) is 0 Å². The van der Waals surface area contributed by atoms with Gasteiger partial charge < -0.3 is 9.63 Å². The Morgan fingerprint density at radius 3 is 2.77 bits per heavy atom. The summed E-state index contributed by atoms with van der Waals surface area (Å²) < 4.78 is 33.4. The first-order valence-electron chi connectivity index (χ1n) is 7.36. The summed E-state index contributed by atoms with van der Waals surface area (Å²) in [6, 6.07) is -0.990. The summed E-state index contributed by atoms with van der Waals surface area (Å²) in [5, 5.41) is 13.0. The zero-order chi connectivity index (χ0) is 16.3. The van der Waals surface area contributed by atoms with Crippen LogP contribution in [0.3, 0.4) is 0 Å². The van der Waals surface area contributed by atoms with Crippen molar-refractivity contribution in [2.45, 2.75) is 52.1 Å². The molecule has 22 heavy (non-hydrogen) atoms. The lowest BCUT2D eigenvalue weighted by Gasteiger charge is -2.21. The molecule has 1 aromatic rings. The van der Waals surface area contributed by atoms with Crippen LogP contribution in [0.15, 0.2) is 4.52 Å². The topological polar surface area (TPSA) is 113 Å². The van der Waals surface area contributed by atoms with Gasteiger partial charge in [0.2, 0.25) is 0 Å². The van der Waals surface area contributed by atoms with Crippen molar-refractivity contribution in [1.29, 1.82) is 0 Å². The van der Waals surface area contributed by atoms with Crippen LogP contribution in [0.1, 0.15) is 43.7 Å². The lowest BCUT2D eigenvalue weighted by Crippen LogP contribution is -2.46. The van der Waals surface area contributed by atoms with Crippen molar-refractivity contribution >= 4 is 16.2 Å². The fourth-order valence-electron chi connectivity index (χ4n) is 2.66. The number of aliphatic carboxylic acids is 1. The number of carboxylic acids is 1. The maximum absolute atomic E-state index is 12.3. The van der Waals surface area contributed by atoms with Crippen LogP contribution in [0.25, 0.3) is 0 Å². The quantitative estimate of drug-likeness (QED) is 0.760. The van der Waals surface area contributed by atoms with Crippen molar-refractivity contribution in [1.82, 2.24) is 14.2 Å². The molecule has 1 atom stereocenters. The first-order valence-corrected chi connectivity index (χ1v) is 8.80. The van der Waals surface area contributed by atoms with E-state index in [0.717, 1.165) is 15.6 Å². The molecule has 2 heterocycles. The van der Waals surface area contributed by atoms with Crippen molar-refractivity contribution in [3.63, 3.8) is 0 Å². The van der Waals surface area contributed by atoms with Gasteiger partial charge in [0.15, 0.2) is 0 Å². The first kappa shape index (κ1) is 16.9. The van der Waals surface area contributed by atoms with Gasteiger partial charge in [0.25, 0.3) is 10.2 Å². The SMILES string of the molecule is CCc1noc(CC)c1CNS(=O)(=O)N1CCCC1C(=O)O. The highest BCUT2D eigenvalue weighted by molar-refractivity contribution is 7.87. The molecule has 0 radical (unpaired) electrons. The van der Waals surface area contributed by atoms with E-state index in [1.165, 1.54) is 0 Å². The molecule has 8 nitrogen and oxygen atoms in total. The summed E-state index contributed by atoms with van der Waals surface area (Å²) in [5.74, 6) is -0.466. The maximum Gasteiger partial charge on any atom is 0.322 e. The van der Waals surface area contributed by atoms with Crippen molar-refractivity contribution in [3.05, 3.63) is 17.0 Å². The highest BCUT2D eigenvalue weighted by Gasteiger charge is 2.38. The molecule has 0 saturated carbocycles. The van der Waals surface area contributed by atoms with Crippen LogP contribution in [0.4, 0.5) is 0 Å². The molecule has 1 aromatic heterocycles. The molecule has 0 aromatic carbocycles. The molecule has 2 N–H and O–H groups in total. The van der Waals surface area contributed by atoms with E-state index in [4.69, 9.17) is 9.63 Å². The number of aryl methyl sites for hydroxylation is 2. The average molecular weight is 331 g/mol. The Morgan fingerprint density at radius 1 is 1.45 bits per heavy atom. The summed E-state index contributed by atoms with van der Waals surface area (Å²) >= 11 is 0. The van der Waals surface area contributed by atoms with Crippen LogP contribution >= 0.6 is 0 Å². The number of hydrogen-bond donors (Lipinski definition) is 2. The molecule has 124 valence electrons. The van der Waals surface area contributed by atoms with E-state index in [9.17, 15) is 13.2 Å². The number of carboxylic acid groups (broad SMARTS) is 1. The molecule has 0 bridgehead atoms. The Balaban J connectivity index is 2.13. The van der Waals surface area contributed by atoms with Crippen LogP contribution in [0.2, 0.25) is 0 Å². The third kappa shape index (κ3) is 3.31. The van der Waals surface area contributed by atoms with E-state index < -0.39 is 22.2 Å². The fourth-order valence-corrected chi connectivity index (χ4v) is 4.05. The third-order valence-corrected chi connectivity index (χ3v) is 5.40. The molecule has 1 aliphatic heterocycles. The molecule has 9 heteroatoms. The predicted octanol–water partition coefficient (Wildman–Crippen LogP) is 0.683. The van der Waals surface area contributed by atoms with Gasteiger partial charge in [-0.2, -0.15) is 17.4 Å². The van der Waals surface area contributed by atoms with Crippen molar-refractivity contribution in [3.8, 4) is 0 Å². The largest absolute Gasteiger partial charge is 0.480 e. The van der Waals surface area contributed by atoms with Crippen molar-refractivity contribution < 1.29 is 22.8 Å². The molecule has 1 aliphatic rings. The minimum absolute atomic E-state index is 0.0566. The zero-order valence-corrected chi connectivity index (χ0v) is 13.5. The standard InChI is InChI=1S/C13H21N3O5S/c1-3-10-9(12(4-2)21-15-10)8-14-22(19,20)16-7-5-6-11(16)13(17)18/h11,14H,3-8H2,1-2H3,(H,17,18). The van der Waals surface area contributed by atoms with Gasteiger partial charge >= 0.3 is 5.97 Å². The van der Waals surface area contributed by atoms with E-state index in [-0.39, 0.29) is 13.1 Å². The Labute approximate surface area is 129 Å². The van der Waals surface area contributed by atoms with E-state index >= 15 is 0 Å². The van der Waals surface area contributed by atoms with Crippen LogP contribution in [-0.2, 0) is 34.4 Å². The van der Waals surface area contributed by atoms with Gasteiger partial charge in [0.1, 0.15) is 11.8 Å². The molecule has 0 amide bonds. The Hall–Kier alpha value is -1.45. The monoisotopic (exact) mass is 331 g/mol. The average Bonchev–Trinajstić information content (AvgIpc) is 3.11. The number of carbonyl (C=O) groups is 1. The van der Waals surface area contributed by atoms with E-state index in [1.54, 1.807) is 0 Å². The summed E-state index contributed by atoms with van der Waals surface area (Å²) in [7, 11) is -3.85. The molecular weight excluding hydrogens is 310 g/mol. The van der Waals surface area contributed by atoms with Crippen LogP contribution in [0.5, 0.6) is 0 Å². The number of nitrogens with one attached hydrogen (secondary N) is 1. The third-order valence-electron chi connectivity index (χ3n) is 3.84. The summed E-state index contributed by atoms with van der Waals surface area (Å²) in [6.45, 7) is 4.09. The van der Waals surface area contributed by atoms with Gasteiger partial charge in [0.05, 0.1) is 5.69 Å². The summed E-state index contributed by atoms with van der Waals surface area (Å²) in [4.78, 5) is 11.1. The van der Waals surface area contributed by atoms with Gasteiger partial charge in [-0.05, 0) is 19.3 Å². The van der Waals surface area contributed by atoms with Gasteiger partial charge in [0, 0.05) is 25.1 Å². The first-order chi connectivity index (χ1) is 10.4. The lowest BCUT2D eigenvalue weighted by molar-refractivity contribution is -0.140. The molecule has 0 aliphatic carbocycles. The van der Waals surface area contributed by atoms with Gasteiger partial charge in [-0.1, -0.05) is 19.0 Å². The summed E-state index contributed by atoms with van der Waals surface area (Å²) in [5.41, 5.74) is 1.45. The van der Waals surface area contributed by atoms with E-state index in [1.807, 2.05) is 13.8 Å². The normalized spacial score (nSPS) is 19.6. The minimum atomic E-state index is -3.85. The second-order valence-corrected chi connectivity index (χ2v) is 6.88. The predicted molar refractivity (Wildman–Crippen MR) is 78.4 cm³/mol.